The van der Waals surface area contributed by atoms with Crippen LogP contribution < -0.4 is 25.0 Å². The Bertz CT molecular complexity index is 844. The molecule has 2 aromatic rings. The molecule has 2 N–H and O–H groups in total. The standard InChI is InChI=1S/C21H25ClN4O2/c1-23-21(25-16-7-8-26(14-16)17-5-3-2-4-6-17)24-13-15-11-18(22)20-19(12-15)27-9-10-28-20/h2-6,11-12,16H,7-10,13-14H2,1H3,(H2,23,24,25). The Balaban J connectivity index is 1.33. The van der Waals surface area contributed by atoms with Crippen LogP contribution in [0.3, 0.4) is 0 Å². The van der Waals surface area contributed by atoms with Gasteiger partial charge in [0.15, 0.2) is 17.5 Å². The summed E-state index contributed by atoms with van der Waals surface area (Å²) in [6, 6.07) is 14.7. The van der Waals surface area contributed by atoms with Crippen LogP contribution in [-0.2, 0) is 6.54 Å². The molecule has 0 saturated carbocycles. The molecular weight excluding hydrogens is 376 g/mol. The molecule has 2 aliphatic rings. The van der Waals surface area contributed by atoms with Crippen molar-refractivity contribution in [2.45, 2.75) is 19.0 Å². The average molecular weight is 401 g/mol. The molecule has 1 saturated heterocycles. The molecule has 1 fully saturated rings. The molecule has 0 bridgehead atoms. The number of ether oxygens (including phenoxy) is 2. The molecule has 2 heterocycles. The zero-order valence-corrected chi connectivity index (χ0v) is 16.7. The normalized spacial score (nSPS) is 18.9. The summed E-state index contributed by atoms with van der Waals surface area (Å²) in [7, 11) is 1.79. The minimum Gasteiger partial charge on any atom is -0.486 e. The summed E-state index contributed by atoms with van der Waals surface area (Å²) >= 11 is 6.32. The van der Waals surface area contributed by atoms with Crippen molar-refractivity contribution in [2.75, 3.05) is 38.3 Å². The fourth-order valence-electron chi connectivity index (χ4n) is 3.59. The van der Waals surface area contributed by atoms with Gasteiger partial charge in [0, 0.05) is 38.4 Å². The number of nitrogens with zero attached hydrogens (tertiary/aromatic N) is 2. The first-order valence-corrected chi connectivity index (χ1v) is 9.96. The van der Waals surface area contributed by atoms with E-state index in [1.54, 1.807) is 7.05 Å². The lowest BCUT2D eigenvalue weighted by Gasteiger charge is -2.22. The van der Waals surface area contributed by atoms with Crippen LogP contribution in [0.4, 0.5) is 5.69 Å². The SMILES string of the molecule is CN=C(NCc1cc(Cl)c2c(c1)OCCO2)NC1CCN(c2ccccc2)C1. The fraction of sp³-hybridized carbons (Fsp3) is 0.381. The quantitative estimate of drug-likeness (QED) is 0.610. The fourth-order valence-corrected chi connectivity index (χ4v) is 3.88. The van der Waals surface area contributed by atoms with E-state index in [0.29, 0.717) is 42.3 Å². The molecule has 4 rings (SSSR count). The predicted molar refractivity (Wildman–Crippen MR) is 113 cm³/mol. The number of aliphatic imine (C=N–C) groups is 1. The maximum Gasteiger partial charge on any atom is 0.191 e. The Morgan fingerprint density at radius 2 is 2.04 bits per heavy atom. The van der Waals surface area contributed by atoms with Gasteiger partial charge in [-0.15, -0.1) is 0 Å². The number of nitrogens with one attached hydrogen (secondary N) is 2. The van der Waals surface area contributed by atoms with Crippen LogP contribution >= 0.6 is 11.6 Å². The first kappa shape index (κ1) is 18.7. The van der Waals surface area contributed by atoms with E-state index in [0.717, 1.165) is 31.0 Å². The van der Waals surface area contributed by atoms with Crippen LogP contribution in [0.5, 0.6) is 11.5 Å². The molecule has 2 aromatic carbocycles. The van der Waals surface area contributed by atoms with Crippen molar-refractivity contribution in [1.29, 1.82) is 0 Å². The summed E-state index contributed by atoms with van der Waals surface area (Å²) in [5, 5.41) is 7.46. The topological polar surface area (TPSA) is 58.1 Å². The molecule has 7 heteroatoms. The van der Waals surface area contributed by atoms with E-state index in [1.807, 2.05) is 18.2 Å². The Labute approximate surface area is 170 Å². The van der Waals surface area contributed by atoms with Crippen LogP contribution in [0.1, 0.15) is 12.0 Å². The molecule has 0 aromatic heterocycles. The molecule has 1 unspecified atom stereocenters. The van der Waals surface area contributed by atoms with Gasteiger partial charge in [-0.3, -0.25) is 4.99 Å². The highest BCUT2D eigenvalue weighted by atomic mass is 35.5. The Morgan fingerprint density at radius 1 is 1.21 bits per heavy atom. The molecule has 2 aliphatic heterocycles. The zero-order valence-electron chi connectivity index (χ0n) is 16.0. The number of guanidine groups is 1. The summed E-state index contributed by atoms with van der Waals surface area (Å²) < 4.78 is 11.2. The molecule has 0 aliphatic carbocycles. The number of hydrogen-bond acceptors (Lipinski definition) is 4. The third kappa shape index (κ3) is 4.28. The minimum absolute atomic E-state index is 0.357. The van der Waals surface area contributed by atoms with Crippen molar-refractivity contribution in [2.24, 2.45) is 4.99 Å². The van der Waals surface area contributed by atoms with Gasteiger partial charge in [0.2, 0.25) is 0 Å². The number of hydrogen-bond donors (Lipinski definition) is 2. The van der Waals surface area contributed by atoms with Crippen molar-refractivity contribution < 1.29 is 9.47 Å². The Hall–Kier alpha value is -2.60. The van der Waals surface area contributed by atoms with Crippen LogP contribution in [0.2, 0.25) is 5.02 Å². The lowest BCUT2D eigenvalue weighted by molar-refractivity contribution is 0.171. The molecule has 28 heavy (non-hydrogen) atoms. The highest BCUT2D eigenvalue weighted by molar-refractivity contribution is 6.32. The average Bonchev–Trinajstić information content (AvgIpc) is 3.20. The van der Waals surface area contributed by atoms with E-state index < -0.39 is 0 Å². The number of rotatable bonds is 4. The van der Waals surface area contributed by atoms with Gasteiger partial charge in [-0.2, -0.15) is 0 Å². The van der Waals surface area contributed by atoms with Crippen LogP contribution in [-0.4, -0.2) is 45.4 Å². The van der Waals surface area contributed by atoms with E-state index in [4.69, 9.17) is 21.1 Å². The summed E-state index contributed by atoms with van der Waals surface area (Å²) in [5.74, 6) is 2.12. The molecular formula is C21H25ClN4O2. The Morgan fingerprint density at radius 3 is 2.86 bits per heavy atom. The van der Waals surface area contributed by atoms with Crippen LogP contribution in [0.15, 0.2) is 47.5 Å². The van der Waals surface area contributed by atoms with E-state index in [9.17, 15) is 0 Å². The van der Waals surface area contributed by atoms with Gasteiger partial charge in [0.05, 0.1) is 5.02 Å². The highest BCUT2D eigenvalue weighted by Gasteiger charge is 2.23. The molecule has 1 atom stereocenters. The second-order valence-electron chi connectivity index (χ2n) is 6.94. The van der Waals surface area contributed by atoms with E-state index in [1.165, 1.54) is 5.69 Å². The highest BCUT2D eigenvalue weighted by Crippen LogP contribution is 2.38. The molecule has 0 amide bonds. The van der Waals surface area contributed by atoms with Crippen LogP contribution in [0.25, 0.3) is 0 Å². The number of fused-ring (bicyclic) bond motifs is 1. The lowest BCUT2D eigenvalue weighted by atomic mass is 10.2. The van der Waals surface area contributed by atoms with Gasteiger partial charge in [-0.25, -0.2) is 0 Å². The molecule has 148 valence electrons. The van der Waals surface area contributed by atoms with Crippen molar-refractivity contribution in [1.82, 2.24) is 10.6 Å². The van der Waals surface area contributed by atoms with Gasteiger partial charge in [0.1, 0.15) is 13.2 Å². The first-order valence-electron chi connectivity index (χ1n) is 9.58. The molecule has 0 radical (unpaired) electrons. The zero-order chi connectivity index (χ0) is 19.3. The minimum atomic E-state index is 0.357. The summed E-state index contributed by atoms with van der Waals surface area (Å²) in [6.07, 6.45) is 1.07. The van der Waals surface area contributed by atoms with Crippen LogP contribution in [0, 0.1) is 0 Å². The van der Waals surface area contributed by atoms with Crippen molar-refractivity contribution >= 4 is 23.2 Å². The summed E-state index contributed by atoms with van der Waals surface area (Å²) in [4.78, 5) is 6.76. The second-order valence-corrected chi connectivity index (χ2v) is 7.35. The van der Waals surface area contributed by atoms with Gasteiger partial charge in [-0.05, 0) is 36.2 Å². The Kier molecular flexibility index (Phi) is 5.76. The predicted octanol–water partition coefficient (Wildman–Crippen LogP) is 3.06. The number of anilines is 1. The first-order chi connectivity index (χ1) is 13.7. The van der Waals surface area contributed by atoms with Crippen molar-refractivity contribution in [3.8, 4) is 11.5 Å². The molecule has 6 nitrogen and oxygen atoms in total. The van der Waals surface area contributed by atoms with Gasteiger partial charge in [-0.1, -0.05) is 29.8 Å². The number of benzene rings is 2. The lowest BCUT2D eigenvalue weighted by Crippen LogP contribution is -2.44. The largest absolute Gasteiger partial charge is 0.486 e. The number of halogens is 1. The number of para-hydroxylation sites is 1. The summed E-state index contributed by atoms with van der Waals surface area (Å²) in [6.45, 7) is 3.67. The van der Waals surface area contributed by atoms with Gasteiger partial charge < -0.3 is 25.0 Å². The smallest absolute Gasteiger partial charge is 0.191 e. The van der Waals surface area contributed by atoms with E-state index in [2.05, 4.69) is 44.8 Å². The van der Waals surface area contributed by atoms with Gasteiger partial charge >= 0.3 is 0 Å². The molecule has 0 spiro atoms. The monoisotopic (exact) mass is 400 g/mol. The summed E-state index contributed by atoms with van der Waals surface area (Å²) in [5.41, 5.74) is 2.29. The van der Waals surface area contributed by atoms with Crippen molar-refractivity contribution in [3.05, 3.63) is 53.1 Å². The van der Waals surface area contributed by atoms with E-state index >= 15 is 0 Å². The second kappa shape index (κ2) is 8.61. The van der Waals surface area contributed by atoms with Crippen molar-refractivity contribution in [3.63, 3.8) is 0 Å². The van der Waals surface area contributed by atoms with Gasteiger partial charge in [0.25, 0.3) is 0 Å². The third-order valence-corrected chi connectivity index (χ3v) is 5.27. The van der Waals surface area contributed by atoms with E-state index in [-0.39, 0.29) is 0 Å². The third-order valence-electron chi connectivity index (χ3n) is 4.99. The maximum absolute atomic E-state index is 6.32. The maximum atomic E-state index is 6.32.